The van der Waals surface area contributed by atoms with Crippen molar-refractivity contribution in [1.82, 2.24) is 10.0 Å². The molecule has 0 saturated carbocycles. The number of sulfonamides is 1. The topological polar surface area (TPSA) is 84.5 Å². The number of ether oxygens (including phenoxy) is 1. The highest BCUT2D eigenvalue weighted by Gasteiger charge is 2.24. The first-order valence-electron chi connectivity index (χ1n) is 5.07. The van der Waals surface area contributed by atoms with E-state index >= 15 is 0 Å². The Bertz CT molecular complexity index is 500. The van der Waals surface area contributed by atoms with E-state index in [1.807, 2.05) is 0 Å². The highest BCUT2D eigenvalue weighted by Crippen LogP contribution is 2.07. The Morgan fingerprint density at radius 3 is 2.65 bits per heavy atom. The number of cyclic esters (lactones) is 1. The number of carbonyl (C=O) groups is 1. The van der Waals surface area contributed by atoms with Crippen LogP contribution >= 0.6 is 0 Å². The number of hydrogen-bond acceptors (Lipinski definition) is 4. The van der Waals surface area contributed by atoms with Crippen molar-refractivity contribution in [3.8, 4) is 0 Å². The molecule has 0 radical (unpaired) electrons. The van der Waals surface area contributed by atoms with Crippen LogP contribution in [0.5, 0.6) is 0 Å². The van der Waals surface area contributed by atoms with Gasteiger partial charge in [0.1, 0.15) is 6.10 Å². The summed E-state index contributed by atoms with van der Waals surface area (Å²) in [6.45, 7) is 0.381. The van der Waals surface area contributed by atoms with Gasteiger partial charge in [-0.1, -0.05) is 18.2 Å². The summed E-state index contributed by atoms with van der Waals surface area (Å²) in [4.78, 5) is 10.9. The molecule has 0 spiro atoms. The monoisotopic (exact) mass is 256 g/mol. The minimum atomic E-state index is -3.53. The summed E-state index contributed by atoms with van der Waals surface area (Å²) in [5.74, 6) is 0. The van der Waals surface area contributed by atoms with Crippen molar-refractivity contribution >= 4 is 16.1 Å². The molecule has 6 nitrogen and oxygen atoms in total. The second-order valence-electron chi connectivity index (χ2n) is 3.57. The second kappa shape index (κ2) is 4.72. The fraction of sp³-hybridized carbons (Fsp3) is 0.300. The van der Waals surface area contributed by atoms with Gasteiger partial charge in [0, 0.05) is 6.54 Å². The zero-order valence-corrected chi connectivity index (χ0v) is 9.74. The molecule has 2 rings (SSSR count). The molecule has 0 bridgehead atoms. The molecule has 1 amide bonds. The molecule has 1 heterocycles. The standard InChI is InChI=1S/C10H12N2O4S/c13-10-11-6-8(16-10)7-12-17(14,15)9-4-2-1-3-5-9/h1-5,8,12H,6-7H2,(H,11,13)/t8-/m1/s1. The van der Waals surface area contributed by atoms with E-state index in [0.717, 1.165) is 0 Å². The van der Waals surface area contributed by atoms with E-state index in [1.165, 1.54) is 12.1 Å². The summed E-state index contributed by atoms with van der Waals surface area (Å²) in [6, 6.07) is 8.03. The number of amides is 1. The van der Waals surface area contributed by atoms with E-state index in [-0.39, 0.29) is 11.4 Å². The minimum Gasteiger partial charge on any atom is -0.443 e. The first kappa shape index (κ1) is 11.9. The summed E-state index contributed by atoms with van der Waals surface area (Å²) in [7, 11) is -3.53. The molecule has 0 aliphatic carbocycles. The van der Waals surface area contributed by atoms with Crippen molar-refractivity contribution in [2.24, 2.45) is 0 Å². The summed E-state index contributed by atoms with van der Waals surface area (Å²) >= 11 is 0. The molecule has 7 heteroatoms. The van der Waals surface area contributed by atoms with Crippen molar-refractivity contribution in [3.05, 3.63) is 30.3 Å². The van der Waals surface area contributed by atoms with Gasteiger partial charge in [0.2, 0.25) is 10.0 Å². The maximum atomic E-state index is 11.8. The summed E-state index contributed by atoms with van der Waals surface area (Å²) in [5, 5.41) is 2.45. The second-order valence-corrected chi connectivity index (χ2v) is 5.34. The Morgan fingerprint density at radius 2 is 2.06 bits per heavy atom. The number of benzene rings is 1. The Kier molecular flexibility index (Phi) is 3.30. The van der Waals surface area contributed by atoms with Crippen LogP contribution in [0.25, 0.3) is 0 Å². The lowest BCUT2D eigenvalue weighted by Crippen LogP contribution is -2.33. The SMILES string of the molecule is O=C1NC[C@H](CNS(=O)(=O)c2ccccc2)O1. The van der Waals surface area contributed by atoms with Crippen LogP contribution in [0.3, 0.4) is 0 Å². The quantitative estimate of drug-likeness (QED) is 0.798. The number of carbonyl (C=O) groups excluding carboxylic acids is 1. The van der Waals surface area contributed by atoms with Gasteiger partial charge in [-0.25, -0.2) is 17.9 Å². The highest BCUT2D eigenvalue weighted by atomic mass is 32.2. The predicted octanol–water partition coefficient (Wildman–Crippen LogP) is 0.0733. The number of hydrogen-bond donors (Lipinski definition) is 2. The van der Waals surface area contributed by atoms with Gasteiger partial charge in [-0.15, -0.1) is 0 Å². The van der Waals surface area contributed by atoms with E-state index < -0.39 is 22.2 Å². The molecule has 1 aliphatic rings. The van der Waals surface area contributed by atoms with Gasteiger partial charge in [0.25, 0.3) is 0 Å². The smallest absolute Gasteiger partial charge is 0.407 e. The summed E-state index contributed by atoms with van der Waals surface area (Å²) in [6.07, 6.45) is -0.977. The Balaban J connectivity index is 1.97. The zero-order chi connectivity index (χ0) is 12.3. The van der Waals surface area contributed by atoms with Gasteiger partial charge in [0.15, 0.2) is 0 Å². The third-order valence-corrected chi connectivity index (χ3v) is 3.74. The largest absolute Gasteiger partial charge is 0.443 e. The van der Waals surface area contributed by atoms with Crippen LogP contribution in [0.4, 0.5) is 4.79 Å². The Morgan fingerprint density at radius 1 is 1.35 bits per heavy atom. The molecule has 0 unspecified atom stereocenters. The predicted molar refractivity (Wildman–Crippen MR) is 59.9 cm³/mol. The van der Waals surface area contributed by atoms with Gasteiger partial charge in [-0.05, 0) is 12.1 Å². The van der Waals surface area contributed by atoms with Gasteiger partial charge in [0.05, 0.1) is 11.4 Å². The molecule has 1 fully saturated rings. The number of alkyl carbamates (subject to hydrolysis) is 1. The fourth-order valence-corrected chi connectivity index (χ4v) is 2.52. The maximum Gasteiger partial charge on any atom is 0.407 e. The third-order valence-electron chi connectivity index (χ3n) is 2.30. The summed E-state index contributed by atoms with van der Waals surface area (Å²) in [5.41, 5.74) is 0. The minimum absolute atomic E-state index is 0.0654. The molecule has 1 saturated heterocycles. The van der Waals surface area contributed by atoms with Gasteiger partial charge in [-0.2, -0.15) is 0 Å². The molecular formula is C10H12N2O4S. The van der Waals surface area contributed by atoms with Crippen LogP contribution in [0.15, 0.2) is 35.2 Å². The molecule has 1 aromatic rings. The Hall–Kier alpha value is -1.60. The normalized spacial score (nSPS) is 19.8. The lowest BCUT2D eigenvalue weighted by molar-refractivity contribution is 0.142. The molecule has 0 aromatic heterocycles. The van der Waals surface area contributed by atoms with Gasteiger partial charge >= 0.3 is 6.09 Å². The van der Waals surface area contributed by atoms with Crippen molar-refractivity contribution in [2.45, 2.75) is 11.0 Å². The van der Waals surface area contributed by atoms with Gasteiger partial charge in [-0.3, -0.25) is 0 Å². The van der Waals surface area contributed by atoms with E-state index in [2.05, 4.69) is 10.0 Å². The molecule has 2 N–H and O–H groups in total. The van der Waals surface area contributed by atoms with Crippen LogP contribution in [-0.4, -0.2) is 33.7 Å². The number of rotatable bonds is 4. The molecule has 17 heavy (non-hydrogen) atoms. The van der Waals surface area contributed by atoms with Crippen LogP contribution in [0, 0.1) is 0 Å². The molecule has 1 aromatic carbocycles. The van der Waals surface area contributed by atoms with Crippen molar-refractivity contribution < 1.29 is 17.9 Å². The summed E-state index contributed by atoms with van der Waals surface area (Å²) < 4.78 is 30.8. The van der Waals surface area contributed by atoms with E-state index in [4.69, 9.17) is 4.74 Å². The van der Waals surface area contributed by atoms with Gasteiger partial charge < -0.3 is 10.1 Å². The Labute approximate surface area is 99.0 Å². The highest BCUT2D eigenvalue weighted by molar-refractivity contribution is 7.89. The van der Waals surface area contributed by atoms with E-state index in [0.29, 0.717) is 6.54 Å². The molecular weight excluding hydrogens is 244 g/mol. The van der Waals surface area contributed by atoms with Crippen molar-refractivity contribution in [1.29, 1.82) is 0 Å². The van der Waals surface area contributed by atoms with Crippen LogP contribution in [0.2, 0.25) is 0 Å². The lowest BCUT2D eigenvalue weighted by Gasteiger charge is -2.09. The van der Waals surface area contributed by atoms with Crippen LogP contribution in [0.1, 0.15) is 0 Å². The first-order valence-corrected chi connectivity index (χ1v) is 6.55. The number of nitrogens with one attached hydrogen (secondary N) is 2. The van der Waals surface area contributed by atoms with Crippen molar-refractivity contribution in [2.75, 3.05) is 13.1 Å². The molecule has 92 valence electrons. The molecule has 1 aliphatic heterocycles. The average Bonchev–Trinajstić information content (AvgIpc) is 2.74. The average molecular weight is 256 g/mol. The first-order chi connectivity index (χ1) is 8.08. The fourth-order valence-electron chi connectivity index (χ4n) is 1.43. The van der Waals surface area contributed by atoms with Crippen molar-refractivity contribution in [3.63, 3.8) is 0 Å². The maximum absolute atomic E-state index is 11.8. The van der Waals surface area contributed by atoms with Crippen LogP contribution in [-0.2, 0) is 14.8 Å². The lowest BCUT2D eigenvalue weighted by atomic mass is 10.4. The third kappa shape index (κ3) is 2.95. The van der Waals surface area contributed by atoms with E-state index in [9.17, 15) is 13.2 Å². The zero-order valence-electron chi connectivity index (χ0n) is 8.92. The molecule has 1 atom stereocenters. The van der Waals surface area contributed by atoms with E-state index in [1.54, 1.807) is 18.2 Å². The van der Waals surface area contributed by atoms with Crippen LogP contribution < -0.4 is 10.0 Å².